The lowest BCUT2D eigenvalue weighted by Crippen LogP contribution is -2.28. The fourth-order valence-electron chi connectivity index (χ4n) is 2.67. The summed E-state index contributed by atoms with van der Waals surface area (Å²) in [7, 11) is 2.79. The molecule has 1 saturated carbocycles. The maximum Gasteiger partial charge on any atom is 0.240 e. The second kappa shape index (κ2) is 5.38. The Hall–Kier alpha value is -3.06. The topological polar surface area (TPSA) is 126 Å². The second-order valence-electron chi connectivity index (χ2n) is 4.83. The smallest absolute Gasteiger partial charge is 0.240 e. The number of ether oxygens (including phenoxy) is 2. The van der Waals surface area contributed by atoms with Crippen molar-refractivity contribution in [2.45, 2.75) is 0 Å². The lowest BCUT2D eigenvalue weighted by Gasteiger charge is -2.12. The number of hydrogen-bond donors (Lipinski definition) is 1. The van der Waals surface area contributed by atoms with Crippen molar-refractivity contribution in [2.24, 2.45) is 23.0 Å². The van der Waals surface area contributed by atoms with Gasteiger partial charge in [0.05, 0.1) is 43.8 Å². The van der Waals surface area contributed by atoms with Crippen molar-refractivity contribution in [3.63, 3.8) is 0 Å². The van der Waals surface area contributed by atoms with Crippen molar-refractivity contribution in [1.29, 1.82) is 10.5 Å². The molecule has 0 bridgehead atoms. The van der Waals surface area contributed by atoms with Crippen LogP contribution in [0.1, 0.15) is 10.4 Å². The third kappa shape index (κ3) is 1.87. The lowest BCUT2D eigenvalue weighted by molar-refractivity contribution is -0.121. The Morgan fingerprint density at radius 2 is 1.95 bits per heavy atom. The van der Waals surface area contributed by atoms with E-state index in [2.05, 4.69) is 0 Å². The summed E-state index contributed by atoms with van der Waals surface area (Å²) in [6.45, 7) is 0. The van der Waals surface area contributed by atoms with Crippen LogP contribution in [0.3, 0.4) is 0 Å². The maximum atomic E-state index is 12.7. The van der Waals surface area contributed by atoms with E-state index in [-0.39, 0.29) is 11.3 Å². The molecule has 0 aliphatic heterocycles. The second-order valence-corrected chi connectivity index (χ2v) is 4.83. The molecule has 1 amide bonds. The summed E-state index contributed by atoms with van der Waals surface area (Å²) >= 11 is 0. The molecular weight excluding hydrogens is 286 g/mol. The predicted octanol–water partition coefficient (Wildman–Crippen LogP) is 0.651. The van der Waals surface area contributed by atoms with Crippen molar-refractivity contribution < 1.29 is 19.1 Å². The summed E-state index contributed by atoms with van der Waals surface area (Å²) in [5, 5.41) is 18.3. The molecule has 1 aromatic carbocycles. The summed E-state index contributed by atoms with van der Waals surface area (Å²) in [4.78, 5) is 24.2. The number of primary amides is 1. The van der Waals surface area contributed by atoms with Crippen LogP contribution in [-0.2, 0) is 4.79 Å². The van der Waals surface area contributed by atoms with Gasteiger partial charge < -0.3 is 15.2 Å². The van der Waals surface area contributed by atoms with Crippen LogP contribution in [0.2, 0.25) is 0 Å². The molecule has 0 heterocycles. The molecule has 1 fully saturated rings. The number of nitriles is 2. The Morgan fingerprint density at radius 1 is 1.27 bits per heavy atom. The first-order valence-electron chi connectivity index (χ1n) is 6.35. The van der Waals surface area contributed by atoms with E-state index in [4.69, 9.17) is 20.5 Å². The molecule has 2 rings (SSSR count). The van der Waals surface area contributed by atoms with Crippen LogP contribution >= 0.6 is 0 Å². The minimum absolute atomic E-state index is 0.144. The van der Waals surface area contributed by atoms with Crippen molar-refractivity contribution in [3.05, 3.63) is 23.8 Å². The van der Waals surface area contributed by atoms with Crippen LogP contribution < -0.4 is 15.2 Å². The first kappa shape index (κ1) is 15.3. The average molecular weight is 299 g/mol. The number of benzene rings is 1. The zero-order chi connectivity index (χ0) is 16.5. The highest BCUT2D eigenvalue weighted by molar-refractivity contribution is 6.09. The SMILES string of the molecule is COc1cccc(C(=O)[C@@H]2[C@H](C#N)[C@]2(C#N)C(N)=O)c1OC. The predicted molar refractivity (Wildman–Crippen MR) is 73.7 cm³/mol. The zero-order valence-electron chi connectivity index (χ0n) is 12.0. The van der Waals surface area contributed by atoms with Gasteiger partial charge in [0.25, 0.3) is 0 Å². The molecule has 1 aromatic rings. The van der Waals surface area contributed by atoms with E-state index in [1.165, 1.54) is 20.3 Å². The summed E-state index contributed by atoms with van der Waals surface area (Å²) in [5.74, 6) is -3.14. The Morgan fingerprint density at radius 3 is 2.36 bits per heavy atom. The molecule has 1 aliphatic carbocycles. The number of carbonyl (C=O) groups is 2. The highest BCUT2D eigenvalue weighted by atomic mass is 16.5. The quantitative estimate of drug-likeness (QED) is 0.795. The summed E-state index contributed by atoms with van der Waals surface area (Å²) in [6.07, 6.45) is 0. The van der Waals surface area contributed by atoms with Gasteiger partial charge in [-0.15, -0.1) is 0 Å². The molecule has 0 aromatic heterocycles. The number of hydrogen-bond acceptors (Lipinski definition) is 6. The third-order valence-electron chi connectivity index (χ3n) is 3.89. The molecule has 7 nitrogen and oxygen atoms in total. The lowest BCUT2D eigenvalue weighted by atomic mass is 9.98. The Bertz CT molecular complexity index is 731. The first-order valence-corrected chi connectivity index (χ1v) is 6.35. The van der Waals surface area contributed by atoms with Gasteiger partial charge in [0.1, 0.15) is 0 Å². The van der Waals surface area contributed by atoms with Crippen molar-refractivity contribution >= 4 is 11.7 Å². The summed E-state index contributed by atoms with van der Waals surface area (Å²) < 4.78 is 10.3. The Labute approximate surface area is 126 Å². The molecule has 0 saturated heterocycles. The number of amides is 1. The first-order chi connectivity index (χ1) is 10.5. The molecule has 3 atom stereocenters. The van der Waals surface area contributed by atoms with Crippen molar-refractivity contribution in [3.8, 4) is 23.6 Å². The van der Waals surface area contributed by atoms with Gasteiger partial charge in [0.2, 0.25) is 5.91 Å². The van der Waals surface area contributed by atoms with Gasteiger partial charge in [-0.2, -0.15) is 10.5 Å². The van der Waals surface area contributed by atoms with Gasteiger partial charge >= 0.3 is 0 Å². The third-order valence-corrected chi connectivity index (χ3v) is 3.89. The number of Topliss-reactive ketones (excluding diaryl/α,β-unsaturated/α-hetero) is 1. The zero-order valence-corrected chi connectivity index (χ0v) is 12.0. The summed E-state index contributed by atoms with van der Waals surface area (Å²) in [6, 6.07) is 8.22. The minimum Gasteiger partial charge on any atom is -0.493 e. The van der Waals surface area contributed by atoms with Crippen LogP contribution in [0.4, 0.5) is 0 Å². The van der Waals surface area contributed by atoms with Crippen LogP contribution in [-0.4, -0.2) is 25.9 Å². The number of ketones is 1. The fourth-order valence-corrected chi connectivity index (χ4v) is 2.67. The van der Waals surface area contributed by atoms with E-state index >= 15 is 0 Å². The molecule has 112 valence electrons. The molecule has 0 unspecified atom stereocenters. The molecular formula is C15H13N3O4. The Balaban J connectivity index is 2.49. The highest BCUT2D eigenvalue weighted by Crippen LogP contribution is 2.59. The van der Waals surface area contributed by atoms with E-state index in [0.717, 1.165) is 0 Å². The highest BCUT2D eigenvalue weighted by Gasteiger charge is 2.74. The summed E-state index contributed by atoms with van der Waals surface area (Å²) in [5.41, 5.74) is 3.59. The molecule has 1 aliphatic rings. The largest absolute Gasteiger partial charge is 0.493 e. The van der Waals surface area contributed by atoms with Crippen LogP contribution in [0, 0.1) is 39.9 Å². The molecule has 0 spiro atoms. The van der Waals surface area contributed by atoms with E-state index in [9.17, 15) is 14.9 Å². The van der Waals surface area contributed by atoms with Gasteiger partial charge in [-0.3, -0.25) is 9.59 Å². The molecule has 2 N–H and O–H groups in total. The van der Waals surface area contributed by atoms with E-state index in [1.807, 2.05) is 6.07 Å². The van der Waals surface area contributed by atoms with Gasteiger partial charge in [0.15, 0.2) is 22.7 Å². The number of rotatable bonds is 5. The standard InChI is InChI=1S/C15H13N3O4/c1-21-10-5-3-4-8(13(10)22-2)12(19)11-9(6-16)15(11,7-17)14(18)20/h3-5,9,11H,1-2H3,(H2,18,20)/t9-,11-,15-/m0/s1. The number of para-hydroxylation sites is 1. The number of methoxy groups -OCH3 is 2. The van der Waals surface area contributed by atoms with Crippen LogP contribution in [0.15, 0.2) is 18.2 Å². The van der Waals surface area contributed by atoms with E-state index in [1.54, 1.807) is 18.2 Å². The molecule has 0 radical (unpaired) electrons. The van der Waals surface area contributed by atoms with E-state index < -0.39 is 28.9 Å². The molecule has 7 heteroatoms. The van der Waals surface area contributed by atoms with Crippen molar-refractivity contribution in [1.82, 2.24) is 0 Å². The number of carbonyl (C=O) groups excluding carboxylic acids is 2. The number of nitrogens with two attached hydrogens (primary N) is 1. The molecule has 22 heavy (non-hydrogen) atoms. The Kier molecular flexibility index (Phi) is 3.75. The van der Waals surface area contributed by atoms with E-state index in [0.29, 0.717) is 5.75 Å². The van der Waals surface area contributed by atoms with Gasteiger partial charge in [-0.25, -0.2) is 0 Å². The van der Waals surface area contributed by atoms with Gasteiger partial charge in [0, 0.05) is 0 Å². The normalized spacial score (nSPS) is 25.5. The monoisotopic (exact) mass is 299 g/mol. The van der Waals surface area contributed by atoms with Crippen LogP contribution in [0.5, 0.6) is 11.5 Å². The average Bonchev–Trinajstić information content (AvgIpc) is 3.22. The van der Waals surface area contributed by atoms with Gasteiger partial charge in [-0.05, 0) is 12.1 Å². The fraction of sp³-hybridized carbons (Fsp3) is 0.333. The van der Waals surface area contributed by atoms with Crippen molar-refractivity contribution in [2.75, 3.05) is 14.2 Å². The number of nitrogens with zero attached hydrogens (tertiary/aromatic N) is 2. The van der Waals surface area contributed by atoms with Gasteiger partial charge in [-0.1, -0.05) is 6.07 Å². The van der Waals surface area contributed by atoms with Crippen LogP contribution in [0.25, 0.3) is 0 Å². The maximum absolute atomic E-state index is 12.7. The minimum atomic E-state index is -1.78.